The molecule has 2 aliphatic rings. The summed E-state index contributed by atoms with van der Waals surface area (Å²) < 4.78 is 46.7. The van der Waals surface area contributed by atoms with Crippen molar-refractivity contribution in [1.82, 2.24) is 9.88 Å². The van der Waals surface area contributed by atoms with E-state index < -0.39 is 45.5 Å². The first-order valence-corrected chi connectivity index (χ1v) is 9.20. The minimum atomic E-state index is -1.56. The largest absolute Gasteiger partial charge is 0.477 e. The summed E-state index contributed by atoms with van der Waals surface area (Å²) in [7, 11) is 0. The van der Waals surface area contributed by atoms with Crippen LogP contribution < -0.4 is 15.6 Å². The summed E-state index contributed by atoms with van der Waals surface area (Å²) in [6, 6.07) is -0.378. The minimum Gasteiger partial charge on any atom is -0.477 e. The Morgan fingerprint density at radius 3 is 2.25 bits per heavy atom. The molecule has 1 aliphatic heterocycles. The molecule has 2 atom stereocenters. The maximum absolute atomic E-state index is 15.5. The number of benzene rings is 1. The lowest BCUT2D eigenvalue weighted by molar-refractivity contribution is 0.0694. The average molecular weight is 395 g/mol. The van der Waals surface area contributed by atoms with Crippen LogP contribution in [0.1, 0.15) is 43.1 Å². The van der Waals surface area contributed by atoms with Gasteiger partial charge >= 0.3 is 5.97 Å². The van der Waals surface area contributed by atoms with E-state index in [2.05, 4.69) is 5.32 Å². The van der Waals surface area contributed by atoms with Crippen molar-refractivity contribution in [2.24, 2.45) is 0 Å². The maximum Gasteiger partial charge on any atom is 0.341 e. The third-order valence-corrected chi connectivity index (χ3v) is 5.32. The normalized spacial score (nSPS) is 22.7. The van der Waals surface area contributed by atoms with Gasteiger partial charge in [-0.15, -0.1) is 0 Å². The molecule has 0 bridgehead atoms. The predicted octanol–water partition coefficient (Wildman–Crippen LogP) is 2.64. The molecular weight excluding hydrogens is 375 g/mol. The van der Waals surface area contributed by atoms with Crippen LogP contribution >= 0.6 is 0 Å². The van der Waals surface area contributed by atoms with Gasteiger partial charge in [-0.3, -0.25) is 4.79 Å². The van der Waals surface area contributed by atoms with Gasteiger partial charge in [0.05, 0.1) is 10.9 Å². The van der Waals surface area contributed by atoms with Crippen molar-refractivity contribution in [2.75, 3.05) is 18.0 Å². The molecule has 2 fully saturated rings. The fourth-order valence-corrected chi connectivity index (χ4v) is 4.06. The summed E-state index contributed by atoms with van der Waals surface area (Å²) >= 11 is 0. The topological polar surface area (TPSA) is 74.6 Å². The number of halogens is 3. The number of carbonyl (C=O) groups is 1. The van der Waals surface area contributed by atoms with Crippen molar-refractivity contribution in [3.05, 3.63) is 39.4 Å². The molecule has 6 nitrogen and oxygen atoms in total. The second-order valence-electron chi connectivity index (χ2n) is 7.70. The van der Waals surface area contributed by atoms with E-state index in [1.54, 1.807) is 0 Å². The summed E-state index contributed by atoms with van der Waals surface area (Å²) in [6.45, 7) is 4.25. The second-order valence-corrected chi connectivity index (χ2v) is 7.70. The summed E-state index contributed by atoms with van der Waals surface area (Å²) in [4.78, 5) is 25.3. The van der Waals surface area contributed by atoms with Crippen molar-refractivity contribution < 1.29 is 23.1 Å². The number of aromatic nitrogens is 1. The Kier molecular flexibility index (Phi) is 4.37. The molecule has 28 heavy (non-hydrogen) atoms. The highest BCUT2D eigenvalue weighted by molar-refractivity contribution is 5.94. The molecule has 1 aromatic heterocycles. The van der Waals surface area contributed by atoms with E-state index in [9.17, 15) is 23.5 Å². The van der Waals surface area contributed by atoms with Gasteiger partial charge in [-0.1, -0.05) is 0 Å². The van der Waals surface area contributed by atoms with Crippen molar-refractivity contribution >= 4 is 22.6 Å². The number of piperazine rings is 1. The highest BCUT2D eigenvalue weighted by Crippen LogP contribution is 2.40. The van der Waals surface area contributed by atoms with Crippen LogP contribution in [0.4, 0.5) is 18.9 Å². The standard InChI is InChI=1S/C19H20F3N3O3/c1-8-5-24(6-9(2)23-8)17-14(21)13(20)12-16(15(17)22)25(10-3-4-10)7-11(18(12)26)19(27)28/h7-10,23H,3-6H2,1-2H3,(H,27,28)/t8-,9-/m0/s1. The van der Waals surface area contributed by atoms with E-state index in [1.807, 2.05) is 13.8 Å². The van der Waals surface area contributed by atoms with Gasteiger partial charge in [0.2, 0.25) is 5.43 Å². The number of pyridine rings is 1. The summed E-state index contributed by atoms with van der Waals surface area (Å²) in [5.41, 5.74) is -2.80. The molecule has 4 rings (SSSR count). The van der Waals surface area contributed by atoms with Gasteiger partial charge in [-0.2, -0.15) is 0 Å². The number of anilines is 1. The lowest BCUT2D eigenvalue weighted by Crippen LogP contribution is -2.54. The number of hydrogen-bond acceptors (Lipinski definition) is 4. The molecule has 0 spiro atoms. The Hall–Kier alpha value is -2.55. The zero-order chi connectivity index (χ0) is 20.3. The van der Waals surface area contributed by atoms with Crippen LogP contribution in [0.15, 0.2) is 11.0 Å². The predicted molar refractivity (Wildman–Crippen MR) is 97.6 cm³/mol. The molecule has 2 heterocycles. The number of nitrogens with zero attached hydrogens (tertiary/aromatic N) is 2. The molecule has 1 saturated carbocycles. The Morgan fingerprint density at radius 2 is 1.71 bits per heavy atom. The highest BCUT2D eigenvalue weighted by atomic mass is 19.2. The lowest BCUT2D eigenvalue weighted by Gasteiger charge is -2.38. The average Bonchev–Trinajstić information content (AvgIpc) is 3.43. The highest BCUT2D eigenvalue weighted by Gasteiger charge is 2.35. The first-order valence-electron chi connectivity index (χ1n) is 9.20. The zero-order valence-corrected chi connectivity index (χ0v) is 15.4. The smallest absolute Gasteiger partial charge is 0.341 e. The molecule has 9 heteroatoms. The molecule has 0 radical (unpaired) electrons. The number of aromatic carboxylic acids is 1. The van der Waals surface area contributed by atoms with Gasteiger partial charge in [-0.25, -0.2) is 18.0 Å². The SMILES string of the molecule is C[C@H]1CN(c2c(F)c(F)c3c(=O)c(C(=O)O)cn(C4CC4)c3c2F)C[C@H](C)N1. The Labute approximate surface area is 158 Å². The van der Waals surface area contributed by atoms with Gasteiger partial charge in [0.1, 0.15) is 11.3 Å². The number of hydrogen-bond donors (Lipinski definition) is 2. The minimum absolute atomic E-state index is 0.0682. The fourth-order valence-electron chi connectivity index (χ4n) is 4.06. The Balaban J connectivity index is 2.05. The number of carboxylic acids is 1. The molecule has 1 aromatic carbocycles. The van der Waals surface area contributed by atoms with E-state index >= 15 is 4.39 Å². The van der Waals surface area contributed by atoms with Gasteiger partial charge < -0.3 is 19.9 Å². The van der Waals surface area contributed by atoms with Crippen LogP contribution in [0.25, 0.3) is 10.9 Å². The maximum atomic E-state index is 15.5. The second kappa shape index (κ2) is 6.51. The number of fused-ring (bicyclic) bond motifs is 1. The van der Waals surface area contributed by atoms with Crippen LogP contribution in [-0.2, 0) is 0 Å². The van der Waals surface area contributed by atoms with Crippen molar-refractivity contribution in [3.8, 4) is 0 Å². The Bertz CT molecular complexity index is 1040. The molecule has 0 unspecified atom stereocenters. The number of rotatable bonds is 3. The quantitative estimate of drug-likeness (QED) is 0.782. The van der Waals surface area contributed by atoms with Crippen LogP contribution in [0, 0.1) is 17.5 Å². The van der Waals surface area contributed by atoms with Crippen LogP contribution in [0.2, 0.25) is 0 Å². The van der Waals surface area contributed by atoms with Gasteiger partial charge in [-0.05, 0) is 26.7 Å². The van der Waals surface area contributed by atoms with Crippen molar-refractivity contribution in [2.45, 2.75) is 44.8 Å². The van der Waals surface area contributed by atoms with E-state index in [-0.39, 0.29) is 36.7 Å². The molecular formula is C19H20F3N3O3. The fraction of sp³-hybridized carbons (Fsp3) is 0.474. The van der Waals surface area contributed by atoms with E-state index in [4.69, 9.17) is 0 Å². The molecule has 2 aromatic rings. The number of nitrogens with one attached hydrogen (secondary N) is 1. The zero-order valence-electron chi connectivity index (χ0n) is 15.4. The lowest BCUT2D eigenvalue weighted by atomic mass is 10.1. The molecule has 0 amide bonds. The number of carboxylic acid groups (broad SMARTS) is 1. The van der Waals surface area contributed by atoms with Gasteiger partial charge in [0.15, 0.2) is 17.5 Å². The summed E-state index contributed by atoms with van der Waals surface area (Å²) in [5, 5.41) is 11.7. The molecule has 1 saturated heterocycles. The van der Waals surface area contributed by atoms with Crippen molar-refractivity contribution in [1.29, 1.82) is 0 Å². The molecule has 1 aliphatic carbocycles. The van der Waals surface area contributed by atoms with Crippen LogP contribution in [0.3, 0.4) is 0 Å². The third kappa shape index (κ3) is 2.85. The van der Waals surface area contributed by atoms with Crippen LogP contribution in [0.5, 0.6) is 0 Å². The van der Waals surface area contributed by atoms with E-state index in [0.717, 1.165) is 6.20 Å². The Morgan fingerprint density at radius 1 is 1.11 bits per heavy atom. The van der Waals surface area contributed by atoms with Gasteiger partial charge in [0, 0.05) is 37.4 Å². The summed E-state index contributed by atoms with van der Waals surface area (Å²) in [5.74, 6) is -5.56. The van der Waals surface area contributed by atoms with E-state index in [0.29, 0.717) is 12.8 Å². The van der Waals surface area contributed by atoms with E-state index in [1.165, 1.54) is 9.47 Å². The molecule has 2 N–H and O–H groups in total. The van der Waals surface area contributed by atoms with Gasteiger partial charge in [0.25, 0.3) is 0 Å². The monoisotopic (exact) mass is 395 g/mol. The van der Waals surface area contributed by atoms with Crippen molar-refractivity contribution in [3.63, 3.8) is 0 Å². The summed E-state index contributed by atoms with van der Waals surface area (Å²) in [6.07, 6.45) is 2.33. The van der Waals surface area contributed by atoms with Crippen LogP contribution in [-0.4, -0.2) is 40.8 Å². The first-order chi connectivity index (χ1) is 13.2. The molecule has 150 valence electrons. The third-order valence-electron chi connectivity index (χ3n) is 5.32. The first kappa shape index (κ1) is 18.8.